The molecule has 0 bridgehead atoms. The Morgan fingerprint density at radius 3 is 3.00 bits per heavy atom. The molecule has 2 saturated heterocycles. The van der Waals surface area contributed by atoms with Gasteiger partial charge in [0.2, 0.25) is 10.0 Å². The number of rotatable bonds is 2. The summed E-state index contributed by atoms with van der Waals surface area (Å²) in [6.07, 6.45) is 3.38. The fourth-order valence-corrected chi connectivity index (χ4v) is 4.60. The van der Waals surface area contributed by atoms with Gasteiger partial charge in [0.25, 0.3) is 0 Å². The monoisotopic (exact) mass is 270 g/mol. The fourth-order valence-electron chi connectivity index (χ4n) is 2.97. The van der Waals surface area contributed by atoms with Gasteiger partial charge in [-0.25, -0.2) is 8.42 Å². The van der Waals surface area contributed by atoms with Crippen LogP contribution >= 0.6 is 0 Å². The number of sulfonamides is 1. The summed E-state index contributed by atoms with van der Waals surface area (Å²) in [6, 6.07) is 0.502. The summed E-state index contributed by atoms with van der Waals surface area (Å²) in [7, 11) is -3.38. The molecule has 0 radical (unpaired) electrons. The van der Waals surface area contributed by atoms with Gasteiger partial charge in [-0.2, -0.15) is 9.40 Å². The van der Waals surface area contributed by atoms with Crippen molar-refractivity contribution in [3.05, 3.63) is 11.9 Å². The van der Waals surface area contributed by atoms with Crippen molar-refractivity contribution in [1.29, 1.82) is 0 Å². The molecule has 2 unspecified atom stereocenters. The van der Waals surface area contributed by atoms with Gasteiger partial charge in [-0.3, -0.25) is 5.10 Å². The van der Waals surface area contributed by atoms with Crippen LogP contribution in [0.4, 0.5) is 0 Å². The van der Waals surface area contributed by atoms with E-state index in [1.54, 1.807) is 11.2 Å². The van der Waals surface area contributed by atoms with Crippen molar-refractivity contribution >= 4 is 10.0 Å². The number of aromatic amines is 1. The molecule has 2 fully saturated rings. The van der Waals surface area contributed by atoms with Crippen LogP contribution in [0.5, 0.6) is 0 Å². The molecule has 0 amide bonds. The van der Waals surface area contributed by atoms with Crippen LogP contribution in [0, 0.1) is 12.8 Å². The third-order valence-electron chi connectivity index (χ3n) is 4.02. The second-order valence-corrected chi connectivity index (χ2v) is 7.03. The molecule has 18 heavy (non-hydrogen) atoms. The third kappa shape index (κ3) is 1.86. The van der Waals surface area contributed by atoms with Gasteiger partial charge in [0.15, 0.2) is 0 Å². The molecule has 2 atom stereocenters. The summed E-state index contributed by atoms with van der Waals surface area (Å²) in [6.45, 7) is 3.98. The second-order valence-electron chi connectivity index (χ2n) is 5.12. The zero-order chi connectivity index (χ0) is 12.8. The lowest BCUT2D eigenvalue weighted by Crippen LogP contribution is -2.46. The second kappa shape index (κ2) is 4.32. The highest BCUT2D eigenvalue weighted by Crippen LogP contribution is 2.28. The van der Waals surface area contributed by atoms with Crippen molar-refractivity contribution in [2.24, 2.45) is 5.92 Å². The number of nitrogens with zero attached hydrogens (tertiary/aromatic N) is 2. The van der Waals surface area contributed by atoms with Crippen molar-refractivity contribution in [3.8, 4) is 0 Å². The van der Waals surface area contributed by atoms with E-state index in [0.29, 0.717) is 35.6 Å². The Labute approximate surface area is 107 Å². The van der Waals surface area contributed by atoms with E-state index in [1.165, 1.54) is 6.20 Å². The lowest BCUT2D eigenvalue weighted by molar-refractivity contribution is 0.247. The Bertz CT molecular complexity index is 539. The Balaban J connectivity index is 1.85. The van der Waals surface area contributed by atoms with Gasteiger partial charge in [0.1, 0.15) is 4.90 Å². The molecular weight excluding hydrogens is 252 g/mol. The number of aryl methyl sites for hydroxylation is 1. The number of nitrogens with one attached hydrogen (secondary N) is 2. The van der Waals surface area contributed by atoms with Crippen LogP contribution in [0.15, 0.2) is 11.1 Å². The Hall–Kier alpha value is -0.920. The van der Waals surface area contributed by atoms with Crippen LogP contribution in [0.2, 0.25) is 0 Å². The van der Waals surface area contributed by atoms with Gasteiger partial charge in [-0.1, -0.05) is 0 Å². The van der Waals surface area contributed by atoms with Crippen LogP contribution in [0.25, 0.3) is 0 Å². The highest BCUT2D eigenvalue weighted by atomic mass is 32.2. The summed E-state index contributed by atoms with van der Waals surface area (Å²) in [5.74, 6) is 0.459. The first-order valence-electron chi connectivity index (χ1n) is 6.32. The van der Waals surface area contributed by atoms with E-state index in [1.807, 2.05) is 0 Å². The van der Waals surface area contributed by atoms with Crippen molar-refractivity contribution < 1.29 is 8.42 Å². The quantitative estimate of drug-likeness (QED) is 0.798. The van der Waals surface area contributed by atoms with E-state index in [4.69, 9.17) is 0 Å². The summed E-state index contributed by atoms with van der Waals surface area (Å²) in [5, 5.41) is 9.93. The Morgan fingerprint density at radius 1 is 1.44 bits per heavy atom. The summed E-state index contributed by atoms with van der Waals surface area (Å²) in [5.41, 5.74) is 0.613. The smallest absolute Gasteiger partial charge is 0.246 e. The minimum absolute atomic E-state index is 0.312. The highest BCUT2D eigenvalue weighted by Gasteiger charge is 2.38. The molecule has 6 nitrogen and oxygen atoms in total. The SMILES string of the molecule is Cc1[nH]ncc1S(=O)(=O)N1CCC2NCCC2C1. The lowest BCUT2D eigenvalue weighted by Gasteiger charge is -2.33. The molecule has 3 rings (SSSR count). The molecule has 0 saturated carbocycles. The predicted molar refractivity (Wildman–Crippen MR) is 66.6 cm³/mol. The van der Waals surface area contributed by atoms with E-state index < -0.39 is 10.0 Å². The minimum Gasteiger partial charge on any atom is -0.314 e. The third-order valence-corrected chi connectivity index (χ3v) is 6.00. The molecule has 7 heteroatoms. The molecule has 2 N–H and O–H groups in total. The summed E-state index contributed by atoms with van der Waals surface area (Å²) >= 11 is 0. The summed E-state index contributed by atoms with van der Waals surface area (Å²) in [4.78, 5) is 0.312. The van der Waals surface area contributed by atoms with Gasteiger partial charge < -0.3 is 5.32 Å². The number of H-pyrrole nitrogens is 1. The van der Waals surface area contributed by atoms with Crippen molar-refractivity contribution in [2.45, 2.75) is 30.7 Å². The average Bonchev–Trinajstić information content (AvgIpc) is 2.95. The molecule has 1 aromatic heterocycles. The molecule has 0 aliphatic carbocycles. The van der Waals surface area contributed by atoms with Crippen molar-refractivity contribution in [2.75, 3.05) is 19.6 Å². The molecule has 1 aromatic rings. The number of hydrogen-bond acceptors (Lipinski definition) is 4. The lowest BCUT2D eigenvalue weighted by atomic mass is 9.95. The van der Waals surface area contributed by atoms with E-state index in [-0.39, 0.29) is 0 Å². The van der Waals surface area contributed by atoms with E-state index >= 15 is 0 Å². The topological polar surface area (TPSA) is 78.1 Å². The summed E-state index contributed by atoms with van der Waals surface area (Å²) < 4.78 is 26.6. The first kappa shape index (κ1) is 12.1. The van der Waals surface area contributed by atoms with Crippen molar-refractivity contribution in [3.63, 3.8) is 0 Å². The van der Waals surface area contributed by atoms with E-state index in [0.717, 1.165) is 19.4 Å². The van der Waals surface area contributed by atoms with Crippen LogP contribution < -0.4 is 5.32 Å². The maximum Gasteiger partial charge on any atom is 0.246 e. The minimum atomic E-state index is -3.38. The Morgan fingerprint density at radius 2 is 2.28 bits per heavy atom. The number of fused-ring (bicyclic) bond motifs is 1. The maximum absolute atomic E-state index is 12.5. The predicted octanol–water partition coefficient (Wildman–Crippen LogP) is 0.0906. The van der Waals surface area contributed by atoms with Crippen LogP contribution in [0.1, 0.15) is 18.5 Å². The normalized spacial score (nSPS) is 29.4. The number of piperidine rings is 1. The van der Waals surface area contributed by atoms with Crippen LogP contribution in [0.3, 0.4) is 0 Å². The maximum atomic E-state index is 12.5. The van der Waals surface area contributed by atoms with Gasteiger partial charge in [0, 0.05) is 19.1 Å². The first-order chi connectivity index (χ1) is 8.59. The molecule has 0 spiro atoms. The zero-order valence-corrected chi connectivity index (χ0v) is 11.2. The van der Waals surface area contributed by atoms with E-state index in [2.05, 4.69) is 15.5 Å². The highest BCUT2D eigenvalue weighted by molar-refractivity contribution is 7.89. The molecule has 100 valence electrons. The Kier molecular flexibility index (Phi) is 2.91. The molecule has 0 aromatic carbocycles. The molecule has 2 aliphatic heterocycles. The number of hydrogen-bond donors (Lipinski definition) is 2. The molecule has 3 heterocycles. The fraction of sp³-hybridized carbons (Fsp3) is 0.727. The largest absolute Gasteiger partial charge is 0.314 e. The number of aromatic nitrogens is 2. The van der Waals surface area contributed by atoms with Crippen molar-refractivity contribution in [1.82, 2.24) is 19.8 Å². The zero-order valence-electron chi connectivity index (χ0n) is 10.4. The average molecular weight is 270 g/mol. The van der Waals surface area contributed by atoms with Gasteiger partial charge >= 0.3 is 0 Å². The van der Waals surface area contributed by atoms with Gasteiger partial charge in [-0.05, 0) is 32.2 Å². The molecular formula is C11H18N4O2S. The van der Waals surface area contributed by atoms with Gasteiger partial charge in [0.05, 0.1) is 11.9 Å². The van der Waals surface area contributed by atoms with E-state index in [9.17, 15) is 8.42 Å². The molecule has 2 aliphatic rings. The van der Waals surface area contributed by atoms with Gasteiger partial charge in [-0.15, -0.1) is 0 Å². The standard InChI is InChI=1S/C11H18N4O2S/c1-8-11(6-13-14-8)18(16,17)15-5-3-10-9(7-15)2-4-12-10/h6,9-10,12H,2-5,7H2,1H3,(H,13,14). The first-order valence-corrected chi connectivity index (χ1v) is 7.76. The van der Waals surface area contributed by atoms with Crippen LogP contribution in [-0.2, 0) is 10.0 Å². The van der Waals surface area contributed by atoms with Crippen LogP contribution in [-0.4, -0.2) is 48.6 Å².